The molecule has 24 heavy (non-hydrogen) atoms. The monoisotopic (exact) mass is 328 g/mol. The highest BCUT2D eigenvalue weighted by atomic mass is 19.1. The van der Waals surface area contributed by atoms with Crippen molar-refractivity contribution >= 4 is 11.9 Å². The minimum Gasteiger partial charge on any atom is -0.352 e. The molecule has 126 valence electrons. The minimum atomic E-state index is -0.239. The van der Waals surface area contributed by atoms with Crippen molar-refractivity contribution in [1.82, 2.24) is 14.9 Å². The molecule has 2 heterocycles. The number of hydrogen-bond acceptors (Lipinski definition) is 4. The molecule has 0 spiro atoms. The largest absolute Gasteiger partial charge is 0.352 e. The Kier molecular flexibility index (Phi) is 4.74. The van der Waals surface area contributed by atoms with Gasteiger partial charge in [-0.2, -0.15) is 0 Å². The topological polar surface area (TPSA) is 58.1 Å². The van der Waals surface area contributed by atoms with Gasteiger partial charge in [0.2, 0.25) is 5.95 Å². The second kappa shape index (κ2) is 6.95. The van der Waals surface area contributed by atoms with Gasteiger partial charge in [-0.25, -0.2) is 14.4 Å². The Labute approximate surface area is 140 Å². The summed E-state index contributed by atoms with van der Waals surface area (Å²) in [6.07, 6.45) is 4.00. The Morgan fingerprint density at radius 3 is 2.54 bits per heavy atom. The van der Waals surface area contributed by atoms with Gasteiger partial charge in [-0.3, -0.25) is 4.79 Å². The minimum absolute atomic E-state index is 0.0595. The number of hydrogen-bond donors (Lipinski definition) is 1. The van der Waals surface area contributed by atoms with Crippen LogP contribution in [0.15, 0.2) is 36.7 Å². The number of halogens is 1. The van der Waals surface area contributed by atoms with E-state index in [0.29, 0.717) is 24.6 Å². The molecule has 1 aliphatic rings. The summed E-state index contributed by atoms with van der Waals surface area (Å²) in [5.41, 5.74) is 1.56. The highest BCUT2D eigenvalue weighted by Crippen LogP contribution is 2.28. The van der Waals surface area contributed by atoms with E-state index in [1.165, 1.54) is 12.1 Å². The molecule has 0 bridgehead atoms. The van der Waals surface area contributed by atoms with Gasteiger partial charge in [-0.05, 0) is 38.0 Å². The quantitative estimate of drug-likeness (QED) is 0.937. The Balaban J connectivity index is 1.64. The van der Waals surface area contributed by atoms with Crippen LogP contribution < -0.4 is 5.32 Å². The lowest BCUT2D eigenvalue weighted by Crippen LogP contribution is -2.28. The number of carbonyl (C=O) groups excluding carboxylic acids is 1. The van der Waals surface area contributed by atoms with E-state index >= 15 is 0 Å². The third kappa shape index (κ3) is 3.69. The lowest BCUT2D eigenvalue weighted by molar-refractivity contribution is 0.0790. The number of nitrogens with zero attached hydrogens (tertiary/aromatic N) is 3. The van der Waals surface area contributed by atoms with E-state index in [1.54, 1.807) is 24.5 Å². The molecule has 0 radical (unpaired) electrons. The van der Waals surface area contributed by atoms with Crippen molar-refractivity contribution in [3.05, 3.63) is 53.6 Å². The smallest absolute Gasteiger partial charge is 0.257 e. The Bertz CT molecular complexity index is 700. The summed E-state index contributed by atoms with van der Waals surface area (Å²) in [7, 11) is 0. The number of carbonyl (C=O) groups is 1. The molecule has 0 saturated carbocycles. The predicted octanol–water partition coefficient (Wildman–Crippen LogP) is 3.07. The van der Waals surface area contributed by atoms with E-state index in [-0.39, 0.29) is 23.7 Å². The third-order valence-electron chi connectivity index (χ3n) is 4.13. The zero-order valence-electron chi connectivity index (χ0n) is 13.9. The Morgan fingerprint density at radius 1 is 1.25 bits per heavy atom. The van der Waals surface area contributed by atoms with Crippen LogP contribution in [0.25, 0.3) is 0 Å². The van der Waals surface area contributed by atoms with Crippen molar-refractivity contribution in [2.75, 3.05) is 18.4 Å². The summed E-state index contributed by atoms with van der Waals surface area (Å²) < 4.78 is 13.0. The lowest BCUT2D eigenvalue weighted by Gasteiger charge is -2.17. The van der Waals surface area contributed by atoms with E-state index in [1.807, 2.05) is 18.7 Å². The van der Waals surface area contributed by atoms with Gasteiger partial charge in [-0.15, -0.1) is 0 Å². The molecule has 1 aliphatic heterocycles. The molecule has 2 aromatic rings. The van der Waals surface area contributed by atoms with Crippen molar-refractivity contribution in [2.45, 2.75) is 32.2 Å². The van der Waals surface area contributed by atoms with Crippen molar-refractivity contribution in [3.8, 4) is 0 Å². The van der Waals surface area contributed by atoms with Gasteiger partial charge in [0.15, 0.2) is 0 Å². The third-order valence-corrected chi connectivity index (χ3v) is 4.13. The fourth-order valence-corrected chi connectivity index (χ4v) is 2.91. The van der Waals surface area contributed by atoms with Crippen LogP contribution in [-0.2, 0) is 0 Å². The first-order valence-corrected chi connectivity index (χ1v) is 8.16. The van der Waals surface area contributed by atoms with Crippen LogP contribution in [0.1, 0.15) is 42.1 Å². The Morgan fingerprint density at radius 2 is 1.92 bits per heavy atom. The van der Waals surface area contributed by atoms with E-state index in [9.17, 15) is 9.18 Å². The summed E-state index contributed by atoms with van der Waals surface area (Å²) in [6.45, 7) is 5.33. The number of likely N-dealkylation sites (tertiary alicyclic amines) is 1. The first-order chi connectivity index (χ1) is 11.5. The predicted molar refractivity (Wildman–Crippen MR) is 90.5 cm³/mol. The zero-order valence-corrected chi connectivity index (χ0v) is 13.9. The molecule has 1 aromatic heterocycles. The number of amides is 1. The number of anilines is 1. The summed E-state index contributed by atoms with van der Waals surface area (Å²) in [5.74, 6) is 0.470. The maximum atomic E-state index is 13.0. The lowest BCUT2D eigenvalue weighted by atomic mass is 9.99. The van der Waals surface area contributed by atoms with Crippen molar-refractivity contribution < 1.29 is 9.18 Å². The molecule has 0 aliphatic carbocycles. The van der Waals surface area contributed by atoms with Gasteiger partial charge in [0, 0.05) is 37.4 Å². The van der Waals surface area contributed by atoms with Crippen LogP contribution >= 0.6 is 0 Å². The summed E-state index contributed by atoms with van der Waals surface area (Å²) >= 11 is 0. The van der Waals surface area contributed by atoms with Gasteiger partial charge in [0.1, 0.15) is 5.82 Å². The highest BCUT2D eigenvalue weighted by Gasteiger charge is 2.28. The molecule has 1 saturated heterocycles. The molecule has 6 heteroatoms. The molecule has 3 rings (SSSR count). The average molecular weight is 328 g/mol. The van der Waals surface area contributed by atoms with Crippen molar-refractivity contribution in [3.63, 3.8) is 0 Å². The van der Waals surface area contributed by atoms with Crippen LogP contribution in [0.5, 0.6) is 0 Å². The summed E-state index contributed by atoms with van der Waals surface area (Å²) in [4.78, 5) is 22.8. The maximum Gasteiger partial charge on any atom is 0.257 e. The van der Waals surface area contributed by atoms with Gasteiger partial charge in [0.05, 0.1) is 5.56 Å². The molecule has 1 fully saturated rings. The molecule has 1 N–H and O–H groups in total. The fraction of sp³-hybridized carbons (Fsp3) is 0.389. The van der Waals surface area contributed by atoms with Gasteiger partial charge in [0.25, 0.3) is 5.91 Å². The Hall–Kier alpha value is -2.50. The van der Waals surface area contributed by atoms with Crippen LogP contribution in [0.2, 0.25) is 0 Å². The van der Waals surface area contributed by atoms with Gasteiger partial charge in [-0.1, -0.05) is 12.1 Å². The normalized spacial score (nSPS) is 17.3. The fourth-order valence-electron chi connectivity index (χ4n) is 2.91. The molecule has 1 amide bonds. The van der Waals surface area contributed by atoms with Crippen molar-refractivity contribution in [1.29, 1.82) is 0 Å². The van der Waals surface area contributed by atoms with Crippen LogP contribution in [0.3, 0.4) is 0 Å². The number of rotatable bonds is 4. The van der Waals surface area contributed by atoms with Gasteiger partial charge >= 0.3 is 0 Å². The molecular weight excluding hydrogens is 307 g/mol. The van der Waals surface area contributed by atoms with Crippen LogP contribution in [0.4, 0.5) is 10.3 Å². The number of aromatic nitrogens is 2. The molecule has 1 aromatic carbocycles. The first kappa shape index (κ1) is 16.4. The van der Waals surface area contributed by atoms with E-state index in [0.717, 1.165) is 12.0 Å². The zero-order chi connectivity index (χ0) is 17.1. The average Bonchev–Trinajstić information content (AvgIpc) is 3.05. The molecule has 1 atom stereocenters. The number of nitrogens with one attached hydrogen (secondary N) is 1. The van der Waals surface area contributed by atoms with Gasteiger partial charge < -0.3 is 10.2 Å². The molecule has 5 nitrogen and oxygen atoms in total. The summed E-state index contributed by atoms with van der Waals surface area (Å²) in [5, 5.41) is 3.10. The van der Waals surface area contributed by atoms with E-state index < -0.39 is 0 Å². The SMILES string of the molecule is CC(C)Nc1ncc(C(=O)N2CC[C@H](c3ccc(F)cc3)C2)cn1. The molecule has 0 unspecified atom stereocenters. The second-order valence-electron chi connectivity index (χ2n) is 6.38. The first-order valence-electron chi connectivity index (χ1n) is 8.16. The van der Waals surface area contributed by atoms with Crippen LogP contribution in [0, 0.1) is 5.82 Å². The second-order valence-corrected chi connectivity index (χ2v) is 6.38. The number of benzene rings is 1. The van der Waals surface area contributed by atoms with E-state index in [2.05, 4.69) is 15.3 Å². The van der Waals surface area contributed by atoms with Crippen molar-refractivity contribution in [2.24, 2.45) is 0 Å². The summed E-state index contributed by atoms with van der Waals surface area (Å²) in [6, 6.07) is 6.76. The van der Waals surface area contributed by atoms with E-state index in [4.69, 9.17) is 0 Å². The highest BCUT2D eigenvalue weighted by molar-refractivity contribution is 5.94. The standard InChI is InChI=1S/C18H21FN4O/c1-12(2)22-18-20-9-15(10-21-18)17(24)23-8-7-14(11-23)13-3-5-16(19)6-4-13/h3-6,9-10,12,14H,7-8,11H2,1-2H3,(H,20,21,22)/t14-/m0/s1. The maximum absolute atomic E-state index is 13.0. The molecular formula is C18H21FN4O. The van der Waals surface area contributed by atoms with Crippen LogP contribution in [-0.4, -0.2) is 39.9 Å².